The summed E-state index contributed by atoms with van der Waals surface area (Å²) < 4.78 is 1.02. The lowest BCUT2D eigenvalue weighted by molar-refractivity contribution is 0.313. The normalized spacial score (nSPS) is 17.1. The predicted octanol–water partition coefficient (Wildman–Crippen LogP) is 2.02. The van der Waals surface area contributed by atoms with Gasteiger partial charge in [0.2, 0.25) is 0 Å². The number of likely N-dealkylation sites (N-methyl/N-ethyl adjacent to an activating group) is 1. The van der Waals surface area contributed by atoms with Crippen molar-refractivity contribution in [1.82, 2.24) is 4.90 Å². The highest BCUT2D eigenvalue weighted by atomic mass is 79.9. The van der Waals surface area contributed by atoms with E-state index in [9.17, 15) is 0 Å². The summed E-state index contributed by atoms with van der Waals surface area (Å²) in [4.78, 5) is 2.32. The summed E-state index contributed by atoms with van der Waals surface area (Å²) in [6.45, 7) is 2.13. The lowest BCUT2D eigenvalue weighted by Crippen LogP contribution is -2.27. The van der Waals surface area contributed by atoms with Gasteiger partial charge in [0.1, 0.15) is 0 Å². The third-order valence-corrected chi connectivity index (χ3v) is 3.28. The molecule has 0 saturated carbocycles. The largest absolute Gasteiger partial charge is 0.398 e. The van der Waals surface area contributed by atoms with Crippen LogP contribution >= 0.6 is 15.9 Å². The average molecular weight is 241 g/mol. The van der Waals surface area contributed by atoms with Crippen molar-refractivity contribution in [2.45, 2.75) is 13.0 Å². The third-order valence-electron chi connectivity index (χ3n) is 2.58. The number of fused-ring (bicyclic) bond motifs is 1. The second kappa shape index (κ2) is 3.31. The molecule has 13 heavy (non-hydrogen) atoms. The van der Waals surface area contributed by atoms with Gasteiger partial charge in [-0.25, -0.2) is 0 Å². The van der Waals surface area contributed by atoms with Crippen LogP contribution in [0, 0.1) is 0 Å². The summed E-state index contributed by atoms with van der Waals surface area (Å²) in [6.07, 6.45) is 1.07. The van der Waals surface area contributed by atoms with E-state index in [1.54, 1.807) is 0 Å². The molecule has 0 fully saturated rings. The van der Waals surface area contributed by atoms with E-state index in [4.69, 9.17) is 5.73 Å². The van der Waals surface area contributed by atoms with Crippen molar-refractivity contribution < 1.29 is 0 Å². The van der Waals surface area contributed by atoms with Crippen LogP contribution in [0.2, 0.25) is 0 Å². The van der Waals surface area contributed by atoms with Gasteiger partial charge in [-0.1, -0.05) is 6.07 Å². The molecule has 0 aliphatic carbocycles. The number of halogens is 1. The first-order valence-corrected chi connectivity index (χ1v) is 5.22. The molecule has 2 rings (SSSR count). The molecule has 3 heteroatoms. The Kier molecular flexibility index (Phi) is 2.30. The molecule has 1 heterocycles. The van der Waals surface area contributed by atoms with Crippen molar-refractivity contribution in [3.05, 3.63) is 27.7 Å². The third kappa shape index (κ3) is 1.58. The van der Waals surface area contributed by atoms with E-state index in [1.807, 2.05) is 6.07 Å². The van der Waals surface area contributed by atoms with Crippen LogP contribution in [-0.2, 0) is 13.0 Å². The van der Waals surface area contributed by atoms with Gasteiger partial charge in [-0.2, -0.15) is 0 Å². The van der Waals surface area contributed by atoms with Crippen molar-refractivity contribution in [3.63, 3.8) is 0 Å². The standard InChI is InChI=1S/C10H13BrN2/c1-13-5-4-8-7(6-13)2-3-9(11)10(8)12/h2-3H,4-6,12H2,1H3. The van der Waals surface area contributed by atoms with Gasteiger partial charge >= 0.3 is 0 Å². The lowest BCUT2D eigenvalue weighted by atomic mass is 9.98. The molecule has 0 bridgehead atoms. The zero-order valence-corrected chi connectivity index (χ0v) is 9.26. The van der Waals surface area contributed by atoms with Crippen molar-refractivity contribution in [1.29, 1.82) is 0 Å². The summed E-state index contributed by atoms with van der Waals surface area (Å²) in [6, 6.07) is 4.19. The fraction of sp³-hybridized carbons (Fsp3) is 0.400. The van der Waals surface area contributed by atoms with Crippen molar-refractivity contribution >= 4 is 21.6 Å². The first-order valence-electron chi connectivity index (χ1n) is 4.43. The summed E-state index contributed by atoms with van der Waals surface area (Å²) in [5.74, 6) is 0. The van der Waals surface area contributed by atoms with E-state index in [1.165, 1.54) is 11.1 Å². The molecule has 0 unspecified atom stereocenters. The molecular weight excluding hydrogens is 228 g/mol. The smallest absolute Gasteiger partial charge is 0.0494 e. The Hall–Kier alpha value is -0.540. The Balaban J connectivity index is 2.47. The summed E-state index contributed by atoms with van der Waals surface area (Å²) in [7, 11) is 2.14. The van der Waals surface area contributed by atoms with Crippen LogP contribution < -0.4 is 5.73 Å². The number of hydrogen-bond donors (Lipinski definition) is 1. The number of hydrogen-bond acceptors (Lipinski definition) is 2. The van der Waals surface area contributed by atoms with Crippen molar-refractivity contribution in [2.75, 3.05) is 19.3 Å². The first kappa shape index (κ1) is 9.03. The van der Waals surface area contributed by atoms with Gasteiger partial charge in [0.25, 0.3) is 0 Å². The van der Waals surface area contributed by atoms with Crippen LogP contribution in [0.3, 0.4) is 0 Å². The van der Waals surface area contributed by atoms with Crippen LogP contribution in [0.15, 0.2) is 16.6 Å². The fourth-order valence-electron chi connectivity index (χ4n) is 1.80. The molecule has 1 aliphatic rings. The van der Waals surface area contributed by atoms with Gasteiger partial charge in [-0.05, 0) is 46.6 Å². The van der Waals surface area contributed by atoms with Crippen LogP contribution in [0.5, 0.6) is 0 Å². The van der Waals surface area contributed by atoms with E-state index in [0.717, 1.165) is 29.7 Å². The minimum atomic E-state index is 0.922. The maximum atomic E-state index is 5.98. The van der Waals surface area contributed by atoms with Gasteiger partial charge in [-0.3, -0.25) is 0 Å². The first-order chi connectivity index (χ1) is 6.18. The summed E-state index contributed by atoms with van der Waals surface area (Å²) in [5.41, 5.74) is 9.60. The number of benzene rings is 1. The number of nitrogens with zero attached hydrogens (tertiary/aromatic N) is 1. The molecule has 0 radical (unpaired) electrons. The SMILES string of the molecule is CN1CCc2c(ccc(Br)c2N)C1. The molecule has 70 valence electrons. The molecule has 0 atom stereocenters. The minimum Gasteiger partial charge on any atom is -0.398 e. The van der Waals surface area contributed by atoms with Gasteiger partial charge in [0, 0.05) is 23.2 Å². The lowest BCUT2D eigenvalue weighted by Gasteiger charge is -2.26. The molecule has 0 aromatic heterocycles. The van der Waals surface area contributed by atoms with Gasteiger partial charge in [-0.15, -0.1) is 0 Å². The molecule has 1 aromatic carbocycles. The second-order valence-corrected chi connectivity index (χ2v) is 4.44. The Labute approximate surface area is 86.9 Å². The molecule has 0 spiro atoms. The van der Waals surface area contributed by atoms with E-state index < -0.39 is 0 Å². The van der Waals surface area contributed by atoms with E-state index in [2.05, 4.69) is 33.9 Å². The zero-order chi connectivity index (χ0) is 9.42. The highest BCUT2D eigenvalue weighted by Gasteiger charge is 2.16. The van der Waals surface area contributed by atoms with Crippen LogP contribution in [0.4, 0.5) is 5.69 Å². The predicted molar refractivity (Wildman–Crippen MR) is 58.6 cm³/mol. The van der Waals surface area contributed by atoms with Crippen molar-refractivity contribution in [3.8, 4) is 0 Å². The monoisotopic (exact) mass is 240 g/mol. The van der Waals surface area contributed by atoms with E-state index >= 15 is 0 Å². The zero-order valence-electron chi connectivity index (χ0n) is 7.68. The highest BCUT2D eigenvalue weighted by Crippen LogP contribution is 2.29. The summed E-state index contributed by atoms with van der Waals surface area (Å²) >= 11 is 3.45. The van der Waals surface area contributed by atoms with Crippen LogP contribution in [-0.4, -0.2) is 18.5 Å². The van der Waals surface area contributed by atoms with Crippen LogP contribution in [0.1, 0.15) is 11.1 Å². The van der Waals surface area contributed by atoms with Gasteiger partial charge in [0.05, 0.1) is 0 Å². The Bertz CT molecular complexity index is 336. The Morgan fingerprint density at radius 1 is 1.46 bits per heavy atom. The number of nitrogens with two attached hydrogens (primary N) is 1. The van der Waals surface area contributed by atoms with E-state index in [-0.39, 0.29) is 0 Å². The fourth-order valence-corrected chi connectivity index (χ4v) is 2.17. The molecule has 1 aromatic rings. The number of anilines is 1. The molecule has 0 amide bonds. The summed E-state index contributed by atoms with van der Waals surface area (Å²) in [5, 5.41) is 0. The maximum Gasteiger partial charge on any atom is 0.0494 e. The molecule has 2 N–H and O–H groups in total. The second-order valence-electron chi connectivity index (χ2n) is 3.59. The van der Waals surface area contributed by atoms with Gasteiger partial charge in [0.15, 0.2) is 0 Å². The molecule has 0 saturated heterocycles. The Morgan fingerprint density at radius 3 is 3.00 bits per heavy atom. The number of nitrogen functional groups attached to an aromatic ring is 1. The average Bonchev–Trinajstić information content (AvgIpc) is 2.12. The molecular formula is C10H13BrN2. The van der Waals surface area contributed by atoms with E-state index in [0.29, 0.717) is 0 Å². The topological polar surface area (TPSA) is 29.3 Å². The Morgan fingerprint density at radius 2 is 2.23 bits per heavy atom. The van der Waals surface area contributed by atoms with Crippen LogP contribution in [0.25, 0.3) is 0 Å². The van der Waals surface area contributed by atoms with Gasteiger partial charge < -0.3 is 10.6 Å². The number of rotatable bonds is 0. The minimum absolute atomic E-state index is 0.922. The molecule has 2 nitrogen and oxygen atoms in total. The quantitative estimate of drug-likeness (QED) is 0.704. The maximum absolute atomic E-state index is 5.98. The van der Waals surface area contributed by atoms with Crippen molar-refractivity contribution in [2.24, 2.45) is 0 Å². The highest BCUT2D eigenvalue weighted by molar-refractivity contribution is 9.10. The molecule has 1 aliphatic heterocycles.